The number of hydrogen-bond acceptors (Lipinski definition) is 6. The summed E-state index contributed by atoms with van der Waals surface area (Å²) < 4.78 is 5.42. The minimum Gasteiger partial charge on any atom is -0.444 e. The van der Waals surface area contributed by atoms with Crippen LogP contribution in [-0.2, 0) is 4.74 Å². The second-order valence-corrected chi connectivity index (χ2v) is 7.84. The molecule has 1 amide bonds. The lowest BCUT2D eigenvalue weighted by Crippen LogP contribution is -2.43. The molecular weight excluding hydrogens is 330 g/mol. The second kappa shape index (κ2) is 7.83. The Bertz CT molecular complexity index is 603. The van der Waals surface area contributed by atoms with Crippen molar-refractivity contribution in [3.8, 4) is 0 Å². The molecule has 1 aromatic rings. The second-order valence-electron chi connectivity index (χ2n) is 6.83. The van der Waals surface area contributed by atoms with E-state index < -0.39 is 10.5 Å². The van der Waals surface area contributed by atoms with Crippen LogP contribution in [0.15, 0.2) is 23.4 Å². The largest absolute Gasteiger partial charge is 0.444 e. The molecule has 0 spiro atoms. The van der Waals surface area contributed by atoms with Gasteiger partial charge in [0.15, 0.2) is 5.03 Å². The van der Waals surface area contributed by atoms with Crippen LogP contribution in [0.5, 0.6) is 0 Å². The first-order valence-corrected chi connectivity index (χ1v) is 8.95. The zero-order chi connectivity index (χ0) is 17.7. The van der Waals surface area contributed by atoms with E-state index in [-0.39, 0.29) is 17.7 Å². The van der Waals surface area contributed by atoms with Crippen molar-refractivity contribution in [1.82, 2.24) is 9.88 Å². The first kappa shape index (κ1) is 18.5. The van der Waals surface area contributed by atoms with E-state index in [2.05, 4.69) is 4.98 Å². The Morgan fingerprint density at radius 2 is 2.29 bits per heavy atom. The number of carbonyl (C=O) groups excluding carboxylic acids is 1. The van der Waals surface area contributed by atoms with E-state index in [1.165, 1.54) is 17.8 Å². The van der Waals surface area contributed by atoms with Crippen molar-refractivity contribution in [3.63, 3.8) is 0 Å². The average Bonchev–Trinajstić information content (AvgIpc) is 2.52. The van der Waals surface area contributed by atoms with E-state index in [4.69, 9.17) is 4.74 Å². The average molecular weight is 353 g/mol. The molecule has 0 N–H and O–H groups in total. The summed E-state index contributed by atoms with van der Waals surface area (Å²) in [4.78, 5) is 28.6. The number of amides is 1. The van der Waals surface area contributed by atoms with Gasteiger partial charge in [-0.3, -0.25) is 10.1 Å². The van der Waals surface area contributed by atoms with Crippen molar-refractivity contribution in [1.29, 1.82) is 0 Å². The van der Waals surface area contributed by atoms with Crippen molar-refractivity contribution in [3.05, 3.63) is 28.4 Å². The Labute approximate surface area is 145 Å². The number of carbonyl (C=O) groups is 1. The molecule has 0 bridgehead atoms. The highest BCUT2D eigenvalue weighted by molar-refractivity contribution is 7.99. The van der Waals surface area contributed by atoms with E-state index >= 15 is 0 Å². The fourth-order valence-corrected chi connectivity index (χ4v) is 3.61. The van der Waals surface area contributed by atoms with Crippen molar-refractivity contribution in [2.24, 2.45) is 5.92 Å². The number of aromatic nitrogens is 1. The molecule has 0 unspecified atom stereocenters. The van der Waals surface area contributed by atoms with E-state index in [0.29, 0.717) is 23.9 Å². The quantitative estimate of drug-likeness (QED) is 0.466. The van der Waals surface area contributed by atoms with E-state index in [1.807, 2.05) is 20.8 Å². The van der Waals surface area contributed by atoms with Crippen molar-refractivity contribution in [2.75, 3.05) is 18.8 Å². The third-order valence-corrected chi connectivity index (χ3v) is 4.80. The van der Waals surface area contributed by atoms with Gasteiger partial charge in [0.2, 0.25) is 0 Å². The van der Waals surface area contributed by atoms with Crippen LogP contribution in [0.1, 0.15) is 33.6 Å². The molecule has 1 aromatic heterocycles. The van der Waals surface area contributed by atoms with Crippen LogP contribution in [0.2, 0.25) is 0 Å². The topological polar surface area (TPSA) is 85.6 Å². The lowest BCUT2D eigenvalue weighted by molar-refractivity contribution is -0.388. The highest BCUT2D eigenvalue weighted by atomic mass is 32.2. The first-order valence-electron chi connectivity index (χ1n) is 7.96. The summed E-state index contributed by atoms with van der Waals surface area (Å²) in [6.07, 6.45) is 3.17. The number of rotatable bonds is 4. The monoisotopic (exact) mass is 353 g/mol. The predicted octanol–water partition coefficient (Wildman–Crippen LogP) is 3.73. The van der Waals surface area contributed by atoms with Gasteiger partial charge in [0, 0.05) is 31.1 Å². The highest BCUT2D eigenvalue weighted by Crippen LogP contribution is 2.30. The third-order valence-electron chi connectivity index (χ3n) is 3.57. The molecule has 24 heavy (non-hydrogen) atoms. The number of nitro groups is 1. The summed E-state index contributed by atoms with van der Waals surface area (Å²) in [6.45, 7) is 6.86. The smallest absolute Gasteiger partial charge is 0.410 e. The van der Waals surface area contributed by atoms with Gasteiger partial charge in [-0.05, 0) is 45.6 Å². The molecule has 1 atom stereocenters. The molecule has 132 valence electrons. The number of likely N-dealkylation sites (tertiary alicyclic amines) is 1. The van der Waals surface area contributed by atoms with E-state index in [0.717, 1.165) is 12.8 Å². The van der Waals surface area contributed by atoms with Gasteiger partial charge in [-0.2, -0.15) is 0 Å². The third kappa shape index (κ3) is 5.36. The molecule has 2 heterocycles. The molecule has 1 aliphatic heterocycles. The van der Waals surface area contributed by atoms with Crippen LogP contribution >= 0.6 is 11.8 Å². The molecule has 0 aromatic carbocycles. The molecule has 0 saturated carbocycles. The number of thioether (sulfide) groups is 1. The number of pyridine rings is 1. The number of piperidine rings is 1. The fraction of sp³-hybridized carbons (Fsp3) is 0.625. The van der Waals surface area contributed by atoms with Crippen LogP contribution in [0, 0.1) is 16.0 Å². The molecule has 0 radical (unpaired) electrons. The lowest BCUT2D eigenvalue weighted by Gasteiger charge is -2.34. The Morgan fingerprint density at radius 3 is 2.96 bits per heavy atom. The minimum absolute atomic E-state index is 0.0299. The Kier molecular flexibility index (Phi) is 6.04. The van der Waals surface area contributed by atoms with Crippen LogP contribution < -0.4 is 0 Å². The number of ether oxygens (including phenoxy) is 1. The number of nitrogens with zero attached hydrogens (tertiary/aromatic N) is 3. The number of hydrogen-bond donors (Lipinski definition) is 0. The summed E-state index contributed by atoms with van der Waals surface area (Å²) in [5, 5.41) is 11.5. The van der Waals surface area contributed by atoms with Gasteiger partial charge in [-0.25, -0.2) is 9.78 Å². The molecule has 8 heteroatoms. The summed E-state index contributed by atoms with van der Waals surface area (Å²) in [6, 6.07) is 3.02. The standard InChI is InChI=1S/C16H23N3O4S/c1-16(2,3)23-15(20)18-9-5-6-12(10-18)11-24-14-13(19(21)22)7-4-8-17-14/h4,7-8,12H,5-6,9-11H2,1-3H3/t12-/m1/s1. The zero-order valence-corrected chi connectivity index (χ0v) is 15.0. The molecule has 7 nitrogen and oxygen atoms in total. The van der Waals surface area contributed by atoms with Crippen molar-refractivity contribution >= 4 is 23.5 Å². The van der Waals surface area contributed by atoms with Crippen molar-refractivity contribution in [2.45, 2.75) is 44.2 Å². The van der Waals surface area contributed by atoms with E-state index in [1.54, 1.807) is 17.2 Å². The van der Waals surface area contributed by atoms with Crippen LogP contribution in [0.3, 0.4) is 0 Å². The fourth-order valence-electron chi connectivity index (χ4n) is 2.52. The van der Waals surface area contributed by atoms with Crippen molar-refractivity contribution < 1.29 is 14.5 Å². The van der Waals surface area contributed by atoms with Gasteiger partial charge in [-0.15, -0.1) is 0 Å². The molecule has 0 aliphatic carbocycles. The van der Waals surface area contributed by atoms with Crippen LogP contribution in [-0.4, -0.2) is 45.3 Å². The molecule has 2 rings (SSSR count). The van der Waals surface area contributed by atoms with Gasteiger partial charge in [-0.1, -0.05) is 11.8 Å². The Hall–Kier alpha value is -1.83. The van der Waals surface area contributed by atoms with Gasteiger partial charge in [0.1, 0.15) is 5.60 Å². The maximum absolute atomic E-state index is 12.2. The molecule has 1 fully saturated rings. The summed E-state index contributed by atoms with van der Waals surface area (Å²) >= 11 is 1.38. The Balaban J connectivity index is 1.92. The van der Waals surface area contributed by atoms with Gasteiger partial charge in [0.25, 0.3) is 0 Å². The van der Waals surface area contributed by atoms with Gasteiger partial charge >= 0.3 is 11.8 Å². The van der Waals surface area contributed by atoms with Crippen LogP contribution in [0.25, 0.3) is 0 Å². The molecule has 1 saturated heterocycles. The minimum atomic E-state index is -0.507. The van der Waals surface area contributed by atoms with E-state index in [9.17, 15) is 14.9 Å². The maximum Gasteiger partial charge on any atom is 0.410 e. The summed E-state index contributed by atoms with van der Waals surface area (Å²) in [5.41, 5.74) is -0.477. The predicted molar refractivity (Wildman–Crippen MR) is 92.1 cm³/mol. The lowest BCUT2D eigenvalue weighted by atomic mass is 10.0. The highest BCUT2D eigenvalue weighted by Gasteiger charge is 2.28. The zero-order valence-electron chi connectivity index (χ0n) is 14.2. The maximum atomic E-state index is 12.2. The summed E-state index contributed by atoms with van der Waals surface area (Å²) in [7, 11) is 0. The normalized spacial score (nSPS) is 18.3. The SMILES string of the molecule is CC(C)(C)OC(=O)N1CCC[C@@H](CSc2ncccc2[N+](=O)[O-])C1. The van der Waals surface area contributed by atoms with Crippen LogP contribution in [0.4, 0.5) is 10.5 Å². The Morgan fingerprint density at radius 1 is 1.54 bits per heavy atom. The summed E-state index contributed by atoms with van der Waals surface area (Å²) in [5.74, 6) is 0.967. The molecular formula is C16H23N3O4S. The molecule has 1 aliphatic rings. The van der Waals surface area contributed by atoms with Gasteiger partial charge in [0.05, 0.1) is 4.92 Å². The first-order chi connectivity index (χ1) is 11.3. The van der Waals surface area contributed by atoms with Gasteiger partial charge < -0.3 is 9.64 Å².